The fourth-order valence-corrected chi connectivity index (χ4v) is 2.53. The second-order valence-corrected chi connectivity index (χ2v) is 6.37. The number of alkyl halides is 3. The Bertz CT molecular complexity index is 1090. The molecule has 0 fully saturated rings. The third kappa shape index (κ3) is 5.92. The van der Waals surface area contributed by atoms with Gasteiger partial charge in [-0.3, -0.25) is 9.78 Å². The monoisotopic (exact) mass is 451 g/mol. The normalized spacial score (nSPS) is 11.0. The summed E-state index contributed by atoms with van der Waals surface area (Å²) in [6, 6.07) is 10.1. The average molecular weight is 452 g/mol. The summed E-state index contributed by atoms with van der Waals surface area (Å²) in [7, 11) is 0. The van der Waals surface area contributed by atoms with Gasteiger partial charge in [0.05, 0.1) is 16.8 Å². The molecule has 3 aromatic rings. The lowest BCUT2D eigenvalue weighted by molar-refractivity contribution is -0.137. The number of hydrogen-bond donors (Lipinski definition) is 1. The Kier molecular flexibility index (Phi) is 6.71. The molecule has 0 spiro atoms. The SMILES string of the molecule is O=C(COC(=O)c1ccccc1Oc1cccnc1)Nc1ncc(C(F)(F)F)cc1Cl. The van der Waals surface area contributed by atoms with Gasteiger partial charge in [-0.2, -0.15) is 13.2 Å². The Morgan fingerprint density at radius 3 is 2.55 bits per heavy atom. The molecular formula is C20H13ClF3N3O4. The lowest BCUT2D eigenvalue weighted by Crippen LogP contribution is -2.22. The molecule has 0 atom stereocenters. The zero-order valence-electron chi connectivity index (χ0n) is 15.5. The molecule has 2 heterocycles. The fraction of sp³-hybridized carbons (Fsp3) is 0.100. The first kappa shape index (κ1) is 22.0. The summed E-state index contributed by atoms with van der Waals surface area (Å²) in [6.45, 7) is -0.723. The molecular weight excluding hydrogens is 439 g/mol. The Hall–Kier alpha value is -3.66. The molecule has 1 N–H and O–H groups in total. The Labute approximate surface area is 178 Å². The van der Waals surface area contributed by atoms with Crippen molar-refractivity contribution in [2.75, 3.05) is 11.9 Å². The van der Waals surface area contributed by atoms with Crippen LogP contribution in [-0.2, 0) is 15.7 Å². The summed E-state index contributed by atoms with van der Waals surface area (Å²) in [5.41, 5.74) is -1.00. The summed E-state index contributed by atoms with van der Waals surface area (Å²) in [5, 5.41) is 1.77. The number of nitrogens with one attached hydrogen (secondary N) is 1. The highest BCUT2D eigenvalue weighted by Crippen LogP contribution is 2.32. The van der Waals surface area contributed by atoms with E-state index in [9.17, 15) is 22.8 Å². The van der Waals surface area contributed by atoms with Crippen LogP contribution >= 0.6 is 11.6 Å². The van der Waals surface area contributed by atoms with Crippen molar-refractivity contribution in [1.29, 1.82) is 0 Å². The number of benzene rings is 1. The number of aromatic nitrogens is 2. The minimum Gasteiger partial charge on any atom is -0.455 e. The quantitative estimate of drug-likeness (QED) is 0.544. The largest absolute Gasteiger partial charge is 0.455 e. The lowest BCUT2D eigenvalue weighted by atomic mass is 10.2. The minimum absolute atomic E-state index is 0.0600. The number of carbonyl (C=O) groups is 2. The van der Waals surface area contributed by atoms with E-state index in [0.717, 1.165) is 0 Å². The maximum Gasteiger partial charge on any atom is 0.417 e. The van der Waals surface area contributed by atoms with Crippen LogP contribution in [0.15, 0.2) is 61.1 Å². The maximum absolute atomic E-state index is 12.6. The number of pyridine rings is 2. The molecule has 1 aromatic carbocycles. The Balaban J connectivity index is 1.62. The average Bonchev–Trinajstić information content (AvgIpc) is 2.74. The van der Waals surface area contributed by atoms with Crippen molar-refractivity contribution in [3.8, 4) is 11.5 Å². The predicted molar refractivity (Wildman–Crippen MR) is 104 cm³/mol. The van der Waals surface area contributed by atoms with Crippen molar-refractivity contribution >= 4 is 29.3 Å². The van der Waals surface area contributed by atoms with Crippen LogP contribution in [0, 0.1) is 0 Å². The van der Waals surface area contributed by atoms with Gasteiger partial charge < -0.3 is 14.8 Å². The van der Waals surface area contributed by atoms with E-state index < -0.39 is 35.2 Å². The molecule has 0 unspecified atom stereocenters. The van der Waals surface area contributed by atoms with E-state index in [1.54, 1.807) is 30.5 Å². The van der Waals surface area contributed by atoms with E-state index in [1.807, 2.05) is 0 Å². The number of amides is 1. The summed E-state index contributed by atoms with van der Waals surface area (Å²) in [5.74, 6) is -1.40. The lowest BCUT2D eigenvalue weighted by Gasteiger charge is -2.12. The zero-order valence-corrected chi connectivity index (χ0v) is 16.3. The molecule has 160 valence electrons. The van der Waals surface area contributed by atoms with Crippen LogP contribution in [0.25, 0.3) is 0 Å². The summed E-state index contributed by atoms with van der Waals surface area (Å²) >= 11 is 5.73. The molecule has 0 aliphatic carbocycles. The highest BCUT2D eigenvalue weighted by Gasteiger charge is 2.31. The van der Waals surface area contributed by atoms with Crippen molar-refractivity contribution in [1.82, 2.24) is 9.97 Å². The zero-order chi connectivity index (χ0) is 22.4. The predicted octanol–water partition coefficient (Wildman–Crippen LogP) is 4.74. The third-order valence-electron chi connectivity index (χ3n) is 3.73. The van der Waals surface area contributed by atoms with Gasteiger partial charge in [-0.05, 0) is 30.3 Å². The molecule has 0 bridgehead atoms. The number of halogens is 4. The van der Waals surface area contributed by atoms with Crippen LogP contribution in [0.3, 0.4) is 0 Å². The van der Waals surface area contributed by atoms with E-state index in [4.69, 9.17) is 21.1 Å². The first-order chi connectivity index (χ1) is 14.7. The highest BCUT2D eigenvalue weighted by molar-refractivity contribution is 6.33. The first-order valence-electron chi connectivity index (χ1n) is 8.60. The van der Waals surface area contributed by atoms with Crippen molar-refractivity contribution in [2.24, 2.45) is 0 Å². The van der Waals surface area contributed by atoms with Crippen molar-refractivity contribution in [2.45, 2.75) is 6.18 Å². The number of carbonyl (C=O) groups excluding carboxylic acids is 2. The second-order valence-electron chi connectivity index (χ2n) is 5.96. The third-order valence-corrected chi connectivity index (χ3v) is 4.02. The van der Waals surface area contributed by atoms with Gasteiger partial charge in [0.1, 0.15) is 17.1 Å². The smallest absolute Gasteiger partial charge is 0.417 e. The van der Waals surface area contributed by atoms with Crippen LogP contribution in [0.5, 0.6) is 11.5 Å². The van der Waals surface area contributed by atoms with Gasteiger partial charge in [0.25, 0.3) is 5.91 Å². The number of rotatable bonds is 6. The number of anilines is 1. The van der Waals surface area contributed by atoms with Gasteiger partial charge in [-0.15, -0.1) is 0 Å². The molecule has 31 heavy (non-hydrogen) atoms. The molecule has 11 heteroatoms. The molecule has 0 aliphatic rings. The van der Waals surface area contributed by atoms with Crippen molar-refractivity contribution in [3.63, 3.8) is 0 Å². The highest BCUT2D eigenvalue weighted by atomic mass is 35.5. The van der Waals surface area contributed by atoms with Gasteiger partial charge in [-0.25, -0.2) is 9.78 Å². The summed E-state index contributed by atoms with van der Waals surface area (Å²) in [4.78, 5) is 31.8. The van der Waals surface area contributed by atoms with Crippen LogP contribution in [0.1, 0.15) is 15.9 Å². The molecule has 0 saturated heterocycles. The molecule has 2 aromatic heterocycles. The number of para-hydroxylation sites is 1. The Morgan fingerprint density at radius 2 is 1.87 bits per heavy atom. The van der Waals surface area contributed by atoms with Gasteiger partial charge >= 0.3 is 12.1 Å². The standard InChI is InChI=1S/C20H13ClF3N3O4/c21-15-8-12(20(22,23)24)9-26-18(15)27-17(28)11-30-19(29)14-5-1-2-6-16(14)31-13-4-3-7-25-10-13/h1-10H,11H2,(H,26,27,28). The first-order valence-corrected chi connectivity index (χ1v) is 8.98. The molecule has 3 rings (SSSR count). The van der Waals surface area contributed by atoms with E-state index in [2.05, 4.69) is 15.3 Å². The molecule has 0 radical (unpaired) electrons. The van der Waals surface area contributed by atoms with E-state index in [0.29, 0.717) is 18.0 Å². The second kappa shape index (κ2) is 9.43. The van der Waals surface area contributed by atoms with Gasteiger partial charge in [-0.1, -0.05) is 23.7 Å². The fourth-order valence-electron chi connectivity index (χ4n) is 2.32. The molecule has 1 amide bonds. The van der Waals surface area contributed by atoms with Gasteiger partial charge in [0.15, 0.2) is 12.4 Å². The number of esters is 1. The van der Waals surface area contributed by atoms with Gasteiger partial charge in [0.2, 0.25) is 0 Å². The molecule has 0 aliphatic heterocycles. The van der Waals surface area contributed by atoms with E-state index in [1.165, 1.54) is 18.3 Å². The van der Waals surface area contributed by atoms with Crippen LogP contribution in [0.2, 0.25) is 5.02 Å². The topological polar surface area (TPSA) is 90.4 Å². The number of nitrogens with zero attached hydrogens (tertiary/aromatic N) is 2. The minimum atomic E-state index is -4.63. The van der Waals surface area contributed by atoms with Crippen LogP contribution < -0.4 is 10.1 Å². The number of ether oxygens (including phenoxy) is 2. The Morgan fingerprint density at radius 1 is 1.10 bits per heavy atom. The summed E-state index contributed by atoms with van der Waals surface area (Å²) in [6.07, 6.45) is -1.08. The van der Waals surface area contributed by atoms with E-state index >= 15 is 0 Å². The summed E-state index contributed by atoms with van der Waals surface area (Å²) < 4.78 is 48.5. The number of hydrogen-bond acceptors (Lipinski definition) is 6. The van der Waals surface area contributed by atoms with E-state index in [-0.39, 0.29) is 17.1 Å². The maximum atomic E-state index is 12.6. The van der Waals surface area contributed by atoms with Crippen LogP contribution in [0.4, 0.5) is 19.0 Å². The van der Waals surface area contributed by atoms with Crippen molar-refractivity contribution in [3.05, 3.63) is 77.2 Å². The van der Waals surface area contributed by atoms with Gasteiger partial charge in [0, 0.05) is 12.4 Å². The molecule has 7 nitrogen and oxygen atoms in total. The van der Waals surface area contributed by atoms with Crippen LogP contribution in [-0.4, -0.2) is 28.5 Å². The molecule has 0 saturated carbocycles. The van der Waals surface area contributed by atoms with Crippen molar-refractivity contribution < 1.29 is 32.2 Å².